The van der Waals surface area contributed by atoms with Crippen LogP contribution in [0.3, 0.4) is 0 Å². The zero-order valence-corrected chi connectivity index (χ0v) is 7.76. The van der Waals surface area contributed by atoms with Gasteiger partial charge in [0.2, 0.25) is 0 Å². The van der Waals surface area contributed by atoms with Crippen molar-refractivity contribution in [1.82, 2.24) is 0 Å². The fraction of sp³-hybridized carbons (Fsp3) is 0.250. The minimum atomic E-state index is -0.296. The van der Waals surface area contributed by atoms with E-state index in [4.69, 9.17) is 4.74 Å². The first-order chi connectivity index (χ1) is 5.29. The number of benzene rings is 1. The Morgan fingerprint density at radius 2 is 1.82 bits per heavy atom. The Labute approximate surface area is 77.6 Å². The van der Waals surface area contributed by atoms with Gasteiger partial charge < -0.3 is 4.74 Å². The maximum absolute atomic E-state index is 5.16. The van der Waals surface area contributed by atoms with Crippen molar-refractivity contribution in [2.24, 2.45) is 0 Å². The van der Waals surface area contributed by atoms with Gasteiger partial charge >= 0.3 is 0 Å². The third-order valence-electron chi connectivity index (χ3n) is 1.24. The molecule has 0 aliphatic heterocycles. The second kappa shape index (κ2) is 4.70. The van der Waals surface area contributed by atoms with Gasteiger partial charge in [0.15, 0.2) is 0 Å². The Hall–Kier alpha value is -0.120. The molecule has 0 aliphatic rings. The molecule has 60 valence electrons. The normalized spacial score (nSPS) is 10.5. The van der Waals surface area contributed by atoms with E-state index in [1.165, 1.54) is 0 Å². The van der Waals surface area contributed by atoms with Crippen molar-refractivity contribution in [2.45, 2.75) is 11.4 Å². The Morgan fingerprint density at radius 3 is 2.36 bits per heavy atom. The molecule has 0 radical (unpaired) electrons. The maximum Gasteiger partial charge on any atom is 0.144 e. The Kier molecular flexibility index (Phi) is 3.83. The van der Waals surface area contributed by atoms with Gasteiger partial charge in [-0.3, -0.25) is 0 Å². The Morgan fingerprint density at radius 1 is 1.18 bits per heavy atom. The zero-order valence-electron chi connectivity index (χ0n) is 5.97. The van der Waals surface area contributed by atoms with Crippen molar-refractivity contribution < 1.29 is 4.74 Å². The third kappa shape index (κ3) is 3.70. The fourth-order valence-corrected chi connectivity index (χ4v) is 0.894. The average molecular weight is 186 g/mol. The predicted octanol–water partition coefficient (Wildman–Crippen LogP) is 2.35. The highest BCUT2D eigenvalue weighted by Gasteiger charge is 1.94. The number of thiol groups is 2. The first-order valence-electron chi connectivity index (χ1n) is 3.31. The van der Waals surface area contributed by atoms with Crippen LogP contribution in [-0.2, 0) is 11.3 Å². The van der Waals surface area contributed by atoms with E-state index in [-0.39, 0.29) is 4.77 Å². The largest absolute Gasteiger partial charge is 0.353 e. The van der Waals surface area contributed by atoms with Crippen LogP contribution in [0.1, 0.15) is 5.56 Å². The summed E-state index contributed by atoms with van der Waals surface area (Å²) in [6.07, 6.45) is 0. The third-order valence-corrected chi connectivity index (χ3v) is 1.54. The van der Waals surface area contributed by atoms with Crippen molar-refractivity contribution >= 4 is 25.3 Å². The molecule has 3 heteroatoms. The van der Waals surface area contributed by atoms with Crippen LogP contribution >= 0.6 is 25.3 Å². The van der Waals surface area contributed by atoms with Gasteiger partial charge in [-0.2, -0.15) is 0 Å². The molecule has 0 aromatic heterocycles. The molecule has 0 N–H and O–H groups in total. The zero-order chi connectivity index (χ0) is 8.10. The molecule has 1 nitrogen and oxygen atoms in total. The summed E-state index contributed by atoms with van der Waals surface area (Å²) in [5.74, 6) is 0. The van der Waals surface area contributed by atoms with Crippen molar-refractivity contribution in [1.29, 1.82) is 0 Å². The summed E-state index contributed by atoms with van der Waals surface area (Å²) in [6, 6.07) is 9.94. The Balaban J connectivity index is 2.39. The highest BCUT2D eigenvalue weighted by molar-refractivity contribution is 7.98. The Bertz CT molecular complexity index is 199. The molecule has 1 aromatic rings. The van der Waals surface area contributed by atoms with Crippen LogP contribution in [0.25, 0.3) is 0 Å². The average Bonchev–Trinajstić information content (AvgIpc) is 2.03. The minimum Gasteiger partial charge on any atom is -0.353 e. The smallest absolute Gasteiger partial charge is 0.144 e. The molecule has 1 rings (SSSR count). The molecule has 0 aliphatic carbocycles. The van der Waals surface area contributed by atoms with Crippen LogP contribution in [-0.4, -0.2) is 4.77 Å². The summed E-state index contributed by atoms with van der Waals surface area (Å²) < 4.78 is 4.86. The summed E-state index contributed by atoms with van der Waals surface area (Å²) >= 11 is 7.94. The van der Waals surface area contributed by atoms with Crippen molar-refractivity contribution in [2.75, 3.05) is 0 Å². The quantitative estimate of drug-likeness (QED) is 0.544. The lowest BCUT2D eigenvalue weighted by molar-refractivity contribution is 0.151. The van der Waals surface area contributed by atoms with Crippen molar-refractivity contribution in [3.8, 4) is 0 Å². The molecule has 0 heterocycles. The lowest BCUT2D eigenvalue weighted by Gasteiger charge is -2.04. The first-order valence-corrected chi connectivity index (χ1v) is 4.34. The van der Waals surface area contributed by atoms with Gasteiger partial charge in [0.05, 0.1) is 6.61 Å². The highest BCUT2D eigenvalue weighted by atomic mass is 32.2. The molecule has 0 atom stereocenters. The van der Waals surface area contributed by atoms with Gasteiger partial charge in [-0.15, -0.1) is 25.3 Å². The van der Waals surface area contributed by atoms with E-state index in [0.29, 0.717) is 6.61 Å². The van der Waals surface area contributed by atoms with Crippen LogP contribution in [0.4, 0.5) is 0 Å². The number of hydrogen-bond acceptors (Lipinski definition) is 3. The van der Waals surface area contributed by atoms with Crippen molar-refractivity contribution in [3.05, 3.63) is 35.9 Å². The van der Waals surface area contributed by atoms with Gasteiger partial charge in [-0.25, -0.2) is 0 Å². The lowest BCUT2D eigenvalue weighted by atomic mass is 10.2. The van der Waals surface area contributed by atoms with Gasteiger partial charge in [-0.05, 0) is 5.56 Å². The standard InChI is InChI=1S/C8H10OS2/c10-8(11)9-6-7-4-2-1-3-5-7/h1-5,8,10-11H,6H2. The summed E-state index contributed by atoms with van der Waals surface area (Å²) in [6.45, 7) is 0.568. The molecular formula is C8H10OS2. The SMILES string of the molecule is SC(S)OCc1ccccc1. The molecule has 1 aromatic carbocycles. The van der Waals surface area contributed by atoms with Crippen LogP contribution < -0.4 is 0 Å². The molecule has 0 amide bonds. The molecule has 0 unspecified atom stereocenters. The van der Waals surface area contributed by atoms with Gasteiger partial charge in [-0.1, -0.05) is 30.3 Å². The fourth-order valence-electron chi connectivity index (χ4n) is 0.745. The minimum absolute atomic E-state index is 0.296. The molecule has 0 bridgehead atoms. The lowest BCUT2D eigenvalue weighted by Crippen LogP contribution is -1.96. The van der Waals surface area contributed by atoms with E-state index in [2.05, 4.69) is 25.3 Å². The molecule has 0 spiro atoms. The number of rotatable bonds is 3. The highest BCUT2D eigenvalue weighted by Crippen LogP contribution is 2.07. The monoisotopic (exact) mass is 186 g/mol. The number of ether oxygens (including phenoxy) is 1. The topological polar surface area (TPSA) is 9.23 Å². The van der Waals surface area contributed by atoms with E-state index in [0.717, 1.165) is 5.56 Å². The second-order valence-corrected chi connectivity index (χ2v) is 3.47. The molecule has 11 heavy (non-hydrogen) atoms. The summed E-state index contributed by atoms with van der Waals surface area (Å²) in [5, 5.41) is 0. The van der Waals surface area contributed by atoms with E-state index in [9.17, 15) is 0 Å². The predicted molar refractivity (Wildman–Crippen MR) is 53.0 cm³/mol. The molecule has 0 fully saturated rings. The molecule has 0 saturated carbocycles. The van der Waals surface area contributed by atoms with Crippen LogP contribution in [0.15, 0.2) is 30.3 Å². The van der Waals surface area contributed by atoms with Crippen molar-refractivity contribution in [3.63, 3.8) is 0 Å². The van der Waals surface area contributed by atoms with Crippen LogP contribution in [0, 0.1) is 0 Å². The second-order valence-electron chi connectivity index (χ2n) is 2.12. The van der Waals surface area contributed by atoms with Gasteiger partial charge in [0.25, 0.3) is 0 Å². The summed E-state index contributed by atoms with van der Waals surface area (Å²) in [7, 11) is 0. The molecular weight excluding hydrogens is 176 g/mol. The summed E-state index contributed by atoms with van der Waals surface area (Å²) in [5.41, 5.74) is 1.14. The molecule has 0 saturated heterocycles. The van der Waals surface area contributed by atoms with E-state index in [1.807, 2.05) is 30.3 Å². The maximum atomic E-state index is 5.16. The van der Waals surface area contributed by atoms with Gasteiger partial charge in [0.1, 0.15) is 4.77 Å². The van der Waals surface area contributed by atoms with E-state index >= 15 is 0 Å². The van der Waals surface area contributed by atoms with E-state index < -0.39 is 0 Å². The summed E-state index contributed by atoms with van der Waals surface area (Å²) in [4.78, 5) is 0. The van der Waals surface area contributed by atoms with Crippen LogP contribution in [0.2, 0.25) is 0 Å². The van der Waals surface area contributed by atoms with Crippen LogP contribution in [0.5, 0.6) is 0 Å². The van der Waals surface area contributed by atoms with Gasteiger partial charge in [0, 0.05) is 0 Å². The van der Waals surface area contributed by atoms with E-state index in [1.54, 1.807) is 0 Å². The first kappa shape index (κ1) is 8.97. The number of hydrogen-bond donors (Lipinski definition) is 2.